The first kappa shape index (κ1) is 23.4. The molecule has 0 spiro atoms. The van der Waals surface area contributed by atoms with Gasteiger partial charge in [0.2, 0.25) is 0 Å². The summed E-state index contributed by atoms with van der Waals surface area (Å²) in [5, 5.41) is 3.01. The number of nitrogens with zero attached hydrogens (tertiary/aromatic N) is 2. The number of hydrogen-bond acceptors (Lipinski definition) is 4. The van der Waals surface area contributed by atoms with Gasteiger partial charge in [-0.15, -0.1) is 0 Å². The van der Waals surface area contributed by atoms with Crippen molar-refractivity contribution in [1.29, 1.82) is 0 Å². The number of anilines is 2. The molecule has 1 amide bonds. The second kappa shape index (κ2) is 10.5. The van der Waals surface area contributed by atoms with E-state index in [0.29, 0.717) is 24.1 Å². The number of carbonyl (C=O) groups is 1. The summed E-state index contributed by atoms with van der Waals surface area (Å²) in [6.07, 6.45) is 2.34. The van der Waals surface area contributed by atoms with Crippen molar-refractivity contribution in [2.45, 2.75) is 39.3 Å². The number of fused-ring (bicyclic) bond motifs is 1. The van der Waals surface area contributed by atoms with Crippen molar-refractivity contribution < 1.29 is 9.53 Å². The Kier molecular flexibility index (Phi) is 7.05. The van der Waals surface area contributed by atoms with Crippen molar-refractivity contribution in [3.05, 3.63) is 89.5 Å². The van der Waals surface area contributed by atoms with Crippen LogP contribution in [0.3, 0.4) is 0 Å². The van der Waals surface area contributed by atoms with Crippen molar-refractivity contribution in [2.24, 2.45) is 5.92 Å². The number of rotatable bonds is 7. The fourth-order valence-corrected chi connectivity index (χ4v) is 5.03. The molecule has 5 rings (SSSR count). The minimum Gasteiger partial charge on any atom is -0.493 e. The fourth-order valence-electron chi connectivity index (χ4n) is 5.03. The molecule has 0 aromatic heterocycles. The molecule has 5 heteroatoms. The number of carbonyl (C=O) groups excluding carboxylic acids is 1. The summed E-state index contributed by atoms with van der Waals surface area (Å²) in [6, 6.07) is 25.0. The van der Waals surface area contributed by atoms with Crippen LogP contribution in [0.15, 0.2) is 72.8 Å². The van der Waals surface area contributed by atoms with Gasteiger partial charge in [0, 0.05) is 49.2 Å². The van der Waals surface area contributed by atoms with E-state index in [1.807, 2.05) is 36.4 Å². The van der Waals surface area contributed by atoms with Crippen LogP contribution < -0.4 is 15.0 Å². The first-order valence-electron chi connectivity index (χ1n) is 12.8. The molecule has 1 atom stereocenters. The molecule has 1 unspecified atom stereocenters. The third-order valence-corrected chi connectivity index (χ3v) is 7.03. The van der Waals surface area contributed by atoms with Crippen molar-refractivity contribution in [3.8, 4) is 5.75 Å². The topological polar surface area (TPSA) is 44.8 Å². The summed E-state index contributed by atoms with van der Waals surface area (Å²) in [6.45, 7) is 9.22. The van der Waals surface area contributed by atoms with E-state index < -0.39 is 0 Å². The Morgan fingerprint density at radius 3 is 2.46 bits per heavy atom. The molecule has 2 heterocycles. The molecule has 3 aromatic rings. The number of benzene rings is 3. The van der Waals surface area contributed by atoms with Crippen molar-refractivity contribution in [3.63, 3.8) is 0 Å². The Hall–Kier alpha value is -3.31. The predicted octanol–water partition coefficient (Wildman–Crippen LogP) is 5.61. The van der Waals surface area contributed by atoms with Crippen LogP contribution in [0.25, 0.3) is 0 Å². The normalized spacial score (nSPS) is 17.9. The van der Waals surface area contributed by atoms with Crippen molar-refractivity contribution >= 4 is 17.3 Å². The maximum absolute atomic E-state index is 12.7. The molecule has 2 aliphatic heterocycles. The molecule has 2 aliphatic rings. The van der Waals surface area contributed by atoms with Gasteiger partial charge in [0.15, 0.2) is 0 Å². The number of nitrogens with one attached hydrogen (secondary N) is 1. The van der Waals surface area contributed by atoms with Gasteiger partial charge < -0.3 is 15.0 Å². The lowest BCUT2D eigenvalue weighted by Crippen LogP contribution is -2.40. The minimum absolute atomic E-state index is 0.111. The second-order valence-electron chi connectivity index (χ2n) is 10.1. The Balaban J connectivity index is 1.14. The quantitative estimate of drug-likeness (QED) is 0.488. The lowest BCUT2D eigenvalue weighted by atomic mass is 9.98. The standard InChI is InChI=1S/C30H35N3O2/c1-22(2)21-35-29-13-7-24(8-14-29)30(34)31-26-9-11-27(12-10-26)33-18-16-28(20-33)32-17-15-23-5-3-4-6-25(23)19-32/h3-14,22,28H,15-21H2,1-2H3,(H,31,34). The molecule has 0 bridgehead atoms. The average Bonchev–Trinajstić information content (AvgIpc) is 3.38. The van der Waals surface area contributed by atoms with E-state index in [0.717, 1.165) is 44.0 Å². The molecule has 5 nitrogen and oxygen atoms in total. The zero-order valence-electron chi connectivity index (χ0n) is 20.7. The van der Waals surface area contributed by atoms with Crippen LogP contribution >= 0.6 is 0 Å². The van der Waals surface area contributed by atoms with Crippen molar-refractivity contribution in [2.75, 3.05) is 36.5 Å². The third kappa shape index (κ3) is 5.68. The molecule has 35 heavy (non-hydrogen) atoms. The SMILES string of the molecule is CC(C)COc1ccc(C(=O)Nc2ccc(N3CCC(N4CCc5ccccc5C4)C3)cc2)cc1. The fraction of sp³-hybridized carbons (Fsp3) is 0.367. The smallest absolute Gasteiger partial charge is 0.255 e. The minimum atomic E-state index is -0.111. The van der Waals surface area contributed by atoms with E-state index in [1.54, 1.807) is 0 Å². The van der Waals surface area contributed by atoms with Crippen LogP contribution in [0, 0.1) is 5.92 Å². The van der Waals surface area contributed by atoms with Gasteiger partial charge in [-0.1, -0.05) is 38.1 Å². The molecule has 0 saturated carbocycles. The Bertz CT molecular complexity index is 1140. The van der Waals surface area contributed by atoms with Gasteiger partial charge in [-0.2, -0.15) is 0 Å². The second-order valence-corrected chi connectivity index (χ2v) is 10.1. The lowest BCUT2D eigenvalue weighted by molar-refractivity contribution is 0.102. The van der Waals surface area contributed by atoms with Gasteiger partial charge in [-0.3, -0.25) is 9.69 Å². The average molecular weight is 470 g/mol. The molecule has 182 valence electrons. The molecule has 1 fully saturated rings. The molecule has 1 N–H and O–H groups in total. The predicted molar refractivity (Wildman–Crippen MR) is 142 cm³/mol. The Labute approximate surface area is 208 Å². The summed E-state index contributed by atoms with van der Waals surface area (Å²) in [5.41, 5.74) is 5.63. The van der Waals surface area contributed by atoms with Gasteiger partial charge in [-0.05, 0) is 78.4 Å². The number of ether oxygens (including phenoxy) is 1. The number of amides is 1. The maximum atomic E-state index is 12.7. The van der Waals surface area contributed by atoms with Gasteiger partial charge >= 0.3 is 0 Å². The third-order valence-electron chi connectivity index (χ3n) is 7.03. The Morgan fingerprint density at radius 1 is 0.971 bits per heavy atom. The monoisotopic (exact) mass is 469 g/mol. The zero-order valence-corrected chi connectivity index (χ0v) is 20.7. The van der Waals surface area contributed by atoms with Crippen LogP contribution in [-0.2, 0) is 13.0 Å². The largest absolute Gasteiger partial charge is 0.493 e. The van der Waals surface area contributed by atoms with Gasteiger partial charge in [0.25, 0.3) is 5.91 Å². The highest BCUT2D eigenvalue weighted by Gasteiger charge is 2.29. The van der Waals surface area contributed by atoms with Crippen LogP contribution in [0.4, 0.5) is 11.4 Å². The molecule has 1 saturated heterocycles. The molecule has 3 aromatic carbocycles. The summed E-state index contributed by atoms with van der Waals surface area (Å²) < 4.78 is 5.70. The van der Waals surface area contributed by atoms with Crippen LogP contribution in [0.5, 0.6) is 5.75 Å². The highest BCUT2D eigenvalue weighted by Crippen LogP contribution is 2.28. The first-order valence-corrected chi connectivity index (χ1v) is 12.8. The first-order chi connectivity index (χ1) is 17.0. The zero-order chi connectivity index (χ0) is 24.2. The maximum Gasteiger partial charge on any atom is 0.255 e. The summed E-state index contributed by atoms with van der Waals surface area (Å²) in [4.78, 5) is 17.8. The molecule has 0 aliphatic carbocycles. The Morgan fingerprint density at radius 2 is 1.71 bits per heavy atom. The molecular formula is C30H35N3O2. The molecular weight excluding hydrogens is 434 g/mol. The van der Waals surface area contributed by atoms with E-state index in [9.17, 15) is 4.79 Å². The van der Waals surface area contributed by atoms with E-state index in [-0.39, 0.29) is 5.91 Å². The lowest BCUT2D eigenvalue weighted by Gasteiger charge is -2.33. The van der Waals surface area contributed by atoms with Crippen LogP contribution in [0.1, 0.15) is 41.8 Å². The highest BCUT2D eigenvalue weighted by molar-refractivity contribution is 6.04. The van der Waals surface area contributed by atoms with Crippen LogP contribution in [-0.4, -0.2) is 43.1 Å². The van der Waals surface area contributed by atoms with E-state index in [2.05, 4.69) is 65.4 Å². The number of hydrogen-bond donors (Lipinski definition) is 1. The highest BCUT2D eigenvalue weighted by atomic mass is 16.5. The summed E-state index contributed by atoms with van der Waals surface area (Å²) in [5.74, 6) is 1.15. The van der Waals surface area contributed by atoms with E-state index in [4.69, 9.17) is 4.74 Å². The summed E-state index contributed by atoms with van der Waals surface area (Å²) >= 11 is 0. The van der Waals surface area contributed by atoms with Gasteiger partial charge in [0.05, 0.1) is 6.61 Å². The molecule has 0 radical (unpaired) electrons. The van der Waals surface area contributed by atoms with Crippen molar-refractivity contribution in [1.82, 2.24) is 4.90 Å². The van der Waals surface area contributed by atoms with Gasteiger partial charge in [0.1, 0.15) is 5.75 Å². The van der Waals surface area contributed by atoms with Gasteiger partial charge in [-0.25, -0.2) is 0 Å². The van der Waals surface area contributed by atoms with E-state index >= 15 is 0 Å². The van der Waals surface area contributed by atoms with Crippen LogP contribution in [0.2, 0.25) is 0 Å². The van der Waals surface area contributed by atoms with E-state index in [1.165, 1.54) is 23.2 Å². The summed E-state index contributed by atoms with van der Waals surface area (Å²) in [7, 11) is 0.